The highest BCUT2D eigenvalue weighted by molar-refractivity contribution is 7.98. The maximum absolute atomic E-state index is 13.5. The highest BCUT2D eigenvalue weighted by Crippen LogP contribution is 2.25. The van der Waals surface area contributed by atoms with E-state index in [2.05, 4.69) is 0 Å². The molecular weight excluding hydrogens is 311 g/mol. The summed E-state index contributed by atoms with van der Waals surface area (Å²) in [5.41, 5.74) is -0.971. The molecule has 0 aromatic heterocycles. The molecule has 0 spiro atoms. The van der Waals surface area contributed by atoms with Gasteiger partial charge in [-0.2, -0.15) is 16.2 Å². The number of nitrogens with one attached hydrogen (secondary N) is 1. The second-order valence-electron chi connectivity index (χ2n) is 4.03. The fourth-order valence-corrected chi connectivity index (χ4v) is 1.96. The van der Waals surface area contributed by atoms with Crippen molar-refractivity contribution in [2.75, 3.05) is 12.0 Å². The number of hydrogen-bond donors (Lipinski definition) is 3. The van der Waals surface area contributed by atoms with Crippen LogP contribution in [0, 0.1) is 17.5 Å². The highest BCUT2D eigenvalue weighted by atomic mass is 32.2. The molecule has 0 fully saturated rings. The van der Waals surface area contributed by atoms with Crippen LogP contribution in [-0.4, -0.2) is 40.1 Å². The number of carboxylic acid groups (broad SMARTS) is 1. The van der Waals surface area contributed by atoms with Crippen molar-refractivity contribution in [3.05, 3.63) is 29.1 Å². The monoisotopic (exact) mass is 323 g/mol. The van der Waals surface area contributed by atoms with Gasteiger partial charge < -0.3 is 15.5 Å². The molecule has 1 atom stereocenters. The third-order valence-electron chi connectivity index (χ3n) is 2.59. The van der Waals surface area contributed by atoms with E-state index in [1.165, 1.54) is 11.8 Å². The number of phenols is 1. The lowest BCUT2D eigenvalue weighted by molar-refractivity contribution is -0.139. The predicted molar refractivity (Wildman–Crippen MR) is 69.9 cm³/mol. The van der Waals surface area contributed by atoms with Crippen molar-refractivity contribution in [3.8, 4) is 5.75 Å². The van der Waals surface area contributed by atoms with Gasteiger partial charge >= 0.3 is 5.97 Å². The number of phenolic OH excluding ortho intramolecular Hbond substituents is 1. The molecule has 0 bridgehead atoms. The van der Waals surface area contributed by atoms with Crippen LogP contribution in [0.2, 0.25) is 0 Å². The zero-order valence-electron chi connectivity index (χ0n) is 10.8. The van der Waals surface area contributed by atoms with Gasteiger partial charge in [-0.15, -0.1) is 0 Å². The average molecular weight is 323 g/mol. The molecule has 0 saturated carbocycles. The molecule has 0 aliphatic carbocycles. The number of carbonyl (C=O) groups is 2. The quantitative estimate of drug-likeness (QED) is 0.694. The Kier molecular flexibility index (Phi) is 5.89. The Labute approximate surface area is 122 Å². The molecule has 0 radical (unpaired) electrons. The van der Waals surface area contributed by atoms with Crippen molar-refractivity contribution in [1.29, 1.82) is 0 Å². The standard InChI is InChI=1S/C12H12F3NO4S/c1-21-3-2-7(12(19)20)16-11(18)5-4-6(13)9(15)10(17)8(5)14/h4,7,17H,2-3H2,1H3,(H,16,18)(H,19,20)/t7-/m1/s1. The molecule has 0 saturated heterocycles. The van der Waals surface area contributed by atoms with Gasteiger partial charge in [0, 0.05) is 0 Å². The highest BCUT2D eigenvalue weighted by Gasteiger charge is 2.26. The number of rotatable bonds is 6. The van der Waals surface area contributed by atoms with E-state index >= 15 is 0 Å². The minimum Gasteiger partial charge on any atom is -0.503 e. The number of carbonyl (C=O) groups excluding carboxylic acids is 1. The van der Waals surface area contributed by atoms with E-state index < -0.39 is 46.7 Å². The first-order valence-corrected chi connectivity index (χ1v) is 7.08. The molecule has 116 valence electrons. The maximum Gasteiger partial charge on any atom is 0.326 e. The number of thioether (sulfide) groups is 1. The van der Waals surface area contributed by atoms with Gasteiger partial charge in [0.1, 0.15) is 6.04 Å². The zero-order valence-corrected chi connectivity index (χ0v) is 11.6. The summed E-state index contributed by atoms with van der Waals surface area (Å²) in [4.78, 5) is 22.7. The molecule has 0 aliphatic heterocycles. The Morgan fingerprint density at radius 1 is 1.33 bits per heavy atom. The lowest BCUT2D eigenvalue weighted by atomic mass is 10.1. The molecule has 0 heterocycles. The summed E-state index contributed by atoms with van der Waals surface area (Å²) in [5, 5.41) is 19.9. The van der Waals surface area contributed by atoms with Gasteiger partial charge in [0.05, 0.1) is 5.56 Å². The number of aromatic hydroxyl groups is 1. The second-order valence-corrected chi connectivity index (χ2v) is 5.01. The van der Waals surface area contributed by atoms with Gasteiger partial charge in [-0.05, 0) is 24.5 Å². The summed E-state index contributed by atoms with van der Waals surface area (Å²) in [6, 6.07) is -1.05. The summed E-state index contributed by atoms with van der Waals surface area (Å²) in [5.74, 6) is -8.89. The minimum absolute atomic E-state index is 0.0690. The van der Waals surface area contributed by atoms with Crippen molar-refractivity contribution in [1.82, 2.24) is 5.32 Å². The third-order valence-corrected chi connectivity index (χ3v) is 3.24. The first kappa shape index (κ1) is 17.2. The van der Waals surface area contributed by atoms with Crippen LogP contribution >= 0.6 is 11.8 Å². The first-order valence-electron chi connectivity index (χ1n) is 5.68. The number of amides is 1. The van der Waals surface area contributed by atoms with Crippen LogP contribution in [0.15, 0.2) is 6.07 Å². The van der Waals surface area contributed by atoms with E-state index in [1.54, 1.807) is 6.26 Å². The number of carboxylic acids is 1. The topological polar surface area (TPSA) is 86.6 Å². The van der Waals surface area contributed by atoms with E-state index in [9.17, 15) is 22.8 Å². The summed E-state index contributed by atoms with van der Waals surface area (Å²) in [6.07, 6.45) is 1.80. The molecule has 5 nitrogen and oxygen atoms in total. The Morgan fingerprint density at radius 2 is 1.95 bits per heavy atom. The lowest BCUT2D eigenvalue weighted by Gasteiger charge is -2.14. The molecule has 0 aliphatic rings. The average Bonchev–Trinajstić information content (AvgIpc) is 2.44. The van der Waals surface area contributed by atoms with Gasteiger partial charge in [-0.3, -0.25) is 4.79 Å². The summed E-state index contributed by atoms with van der Waals surface area (Å²) < 4.78 is 39.5. The van der Waals surface area contributed by atoms with Gasteiger partial charge in [-0.25, -0.2) is 13.6 Å². The number of aliphatic carboxylic acids is 1. The molecule has 1 aromatic rings. The van der Waals surface area contributed by atoms with Crippen molar-refractivity contribution in [2.45, 2.75) is 12.5 Å². The van der Waals surface area contributed by atoms with E-state index in [-0.39, 0.29) is 12.5 Å². The van der Waals surface area contributed by atoms with Crippen LogP contribution in [0.25, 0.3) is 0 Å². The summed E-state index contributed by atoms with van der Waals surface area (Å²) >= 11 is 1.34. The molecule has 1 aromatic carbocycles. The molecule has 0 unspecified atom stereocenters. The van der Waals surface area contributed by atoms with Gasteiger partial charge in [0.15, 0.2) is 17.4 Å². The maximum atomic E-state index is 13.5. The van der Waals surface area contributed by atoms with Crippen LogP contribution in [0.3, 0.4) is 0 Å². The molecule has 3 N–H and O–H groups in total. The second kappa shape index (κ2) is 7.21. The fourth-order valence-electron chi connectivity index (χ4n) is 1.48. The normalized spacial score (nSPS) is 12.0. The van der Waals surface area contributed by atoms with E-state index in [4.69, 9.17) is 10.2 Å². The Hall–Kier alpha value is -1.90. The zero-order chi connectivity index (χ0) is 16.2. The molecule has 1 rings (SSSR count). The number of benzene rings is 1. The smallest absolute Gasteiger partial charge is 0.326 e. The van der Waals surface area contributed by atoms with Gasteiger partial charge in [0.2, 0.25) is 5.82 Å². The van der Waals surface area contributed by atoms with E-state index in [1.807, 2.05) is 5.32 Å². The minimum atomic E-state index is -1.82. The fraction of sp³-hybridized carbons (Fsp3) is 0.333. The van der Waals surface area contributed by atoms with Crippen molar-refractivity contribution < 1.29 is 33.0 Å². The van der Waals surface area contributed by atoms with Crippen molar-refractivity contribution in [3.63, 3.8) is 0 Å². The van der Waals surface area contributed by atoms with Crippen LogP contribution in [-0.2, 0) is 4.79 Å². The number of halogens is 3. The molecule has 21 heavy (non-hydrogen) atoms. The van der Waals surface area contributed by atoms with Crippen LogP contribution < -0.4 is 5.32 Å². The van der Waals surface area contributed by atoms with Crippen molar-refractivity contribution >= 4 is 23.6 Å². The lowest BCUT2D eigenvalue weighted by Crippen LogP contribution is -2.41. The molecular formula is C12H12F3NO4S. The Balaban J connectivity index is 3.00. The Morgan fingerprint density at radius 3 is 2.48 bits per heavy atom. The summed E-state index contributed by atoms with van der Waals surface area (Å²) in [7, 11) is 0. The predicted octanol–water partition coefficient (Wildman–Crippen LogP) is 1.75. The van der Waals surface area contributed by atoms with Crippen LogP contribution in [0.1, 0.15) is 16.8 Å². The SMILES string of the molecule is CSCC[C@@H](NC(=O)c1cc(F)c(F)c(O)c1F)C(=O)O. The Bertz CT molecular complexity index is 568. The summed E-state index contributed by atoms with van der Waals surface area (Å²) in [6.45, 7) is 0. The largest absolute Gasteiger partial charge is 0.503 e. The van der Waals surface area contributed by atoms with Crippen molar-refractivity contribution in [2.24, 2.45) is 0 Å². The van der Waals surface area contributed by atoms with Gasteiger partial charge in [-0.1, -0.05) is 0 Å². The van der Waals surface area contributed by atoms with E-state index in [0.717, 1.165) is 0 Å². The molecule has 1 amide bonds. The van der Waals surface area contributed by atoms with Crippen LogP contribution in [0.5, 0.6) is 5.75 Å². The number of hydrogen-bond acceptors (Lipinski definition) is 4. The van der Waals surface area contributed by atoms with Gasteiger partial charge in [0.25, 0.3) is 5.91 Å². The molecule has 9 heteroatoms. The van der Waals surface area contributed by atoms with Crippen LogP contribution in [0.4, 0.5) is 13.2 Å². The third kappa shape index (κ3) is 4.03. The first-order chi connectivity index (χ1) is 9.79. The van der Waals surface area contributed by atoms with E-state index in [0.29, 0.717) is 5.75 Å².